The molecule has 2 aliphatic heterocycles. The van der Waals surface area contributed by atoms with Crippen LogP contribution in [0.1, 0.15) is 104 Å². The SMILES string of the molecule is Cc1cc(C)c2c(c1)C(C)c1cc(C)cc(C)c1OP(OCc1cccc(COP3Oc4c(C)cc(C)cc4C(C)c4cc(C)cc(C)c4O3)n1)O2. The van der Waals surface area contributed by atoms with Crippen molar-refractivity contribution >= 4 is 17.2 Å². The van der Waals surface area contributed by atoms with E-state index in [1.807, 2.05) is 18.2 Å². The lowest BCUT2D eigenvalue weighted by Gasteiger charge is -2.29. The third-order valence-electron chi connectivity index (χ3n) is 9.82. The van der Waals surface area contributed by atoms with Gasteiger partial charge in [-0.15, -0.1) is 0 Å². The van der Waals surface area contributed by atoms with Crippen LogP contribution in [-0.2, 0) is 22.3 Å². The molecular formula is C43H47NO6P2. The molecule has 0 unspecified atom stereocenters. The molecule has 0 aliphatic carbocycles. The Morgan fingerprint density at radius 2 is 0.769 bits per heavy atom. The summed E-state index contributed by atoms with van der Waals surface area (Å²) < 4.78 is 39.1. The van der Waals surface area contributed by atoms with E-state index in [0.717, 1.165) is 78.9 Å². The van der Waals surface area contributed by atoms with Gasteiger partial charge in [0.2, 0.25) is 0 Å². The highest BCUT2D eigenvalue weighted by molar-refractivity contribution is 7.42. The molecule has 7 rings (SSSR count). The van der Waals surface area contributed by atoms with Crippen LogP contribution in [0.25, 0.3) is 0 Å². The van der Waals surface area contributed by atoms with Gasteiger partial charge in [-0.2, -0.15) is 0 Å². The Morgan fingerprint density at radius 3 is 1.06 bits per heavy atom. The number of nitrogens with zero attached hydrogens (tertiary/aromatic N) is 1. The molecule has 1 aromatic heterocycles. The van der Waals surface area contributed by atoms with Crippen molar-refractivity contribution in [1.82, 2.24) is 4.98 Å². The van der Waals surface area contributed by atoms with E-state index in [0.29, 0.717) is 0 Å². The van der Waals surface area contributed by atoms with E-state index < -0.39 is 17.2 Å². The number of rotatable bonds is 6. The Hall–Kier alpha value is -3.99. The minimum atomic E-state index is -1.79. The van der Waals surface area contributed by atoms with Gasteiger partial charge in [-0.1, -0.05) is 90.7 Å². The molecule has 0 spiro atoms. The summed E-state index contributed by atoms with van der Waals surface area (Å²) in [6.07, 6.45) is 0. The van der Waals surface area contributed by atoms with Crippen LogP contribution in [0.4, 0.5) is 0 Å². The molecule has 0 N–H and O–H groups in total. The molecule has 0 saturated carbocycles. The smallest absolute Gasteiger partial charge is 0.417 e. The van der Waals surface area contributed by atoms with Crippen molar-refractivity contribution in [3.63, 3.8) is 0 Å². The minimum Gasteiger partial charge on any atom is -0.417 e. The second kappa shape index (κ2) is 14.8. The summed E-state index contributed by atoms with van der Waals surface area (Å²) in [7, 11) is -3.58. The molecule has 0 amide bonds. The van der Waals surface area contributed by atoms with Gasteiger partial charge >= 0.3 is 17.2 Å². The molecule has 52 heavy (non-hydrogen) atoms. The molecule has 2 aliphatic rings. The van der Waals surface area contributed by atoms with E-state index >= 15 is 0 Å². The van der Waals surface area contributed by atoms with Gasteiger partial charge < -0.3 is 18.1 Å². The Morgan fingerprint density at radius 1 is 0.481 bits per heavy atom. The van der Waals surface area contributed by atoms with Crippen molar-refractivity contribution in [3.8, 4) is 23.0 Å². The van der Waals surface area contributed by atoms with Crippen molar-refractivity contribution in [3.05, 3.63) is 145 Å². The maximum atomic E-state index is 6.57. The van der Waals surface area contributed by atoms with E-state index in [9.17, 15) is 0 Å². The highest BCUT2D eigenvalue weighted by Gasteiger charge is 2.32. The first-order chi connectivity index (χ1) is 24.8. The molecular weight excluding hydrogens is 688 g/mol. The van der Waals surface area contributed by atoms with E-state index in [4.69, 9.17) is 32.1 Å². The molecule has 0 bridgehead atoms. The Bertz CT molecular complexity index is 1900. The van der Waals surface area contributed by atoms with Crippen LogP contribution in [0.3, 0.4) is 0 Å². The van der Waals surface area contributed by atoms with Crippen molar-refractivity contribution in [2.24, 2.45) is 0 Å². The van der Waals surface area contributed by atoms with Gasteiger partial charge in [0, 0.05) is 34.1 Å². The van der Waals surface area contributed by atoms with Gasteiger partial charge in [0.15, 0.2) is 0 Å². The standard InChI is InChI=1S/C43H47NO6P2/c1-24-14-28(5)40-36(18-24)32(9)37-19-25(2)15-29(6)41(37)48-51(47-40)45-22-34-12-11-13-35(44-34)23-46-52-49-42-30(7)16-26(3)20-38(42)33(10)39-21-27(4)17-31(8)43(39)50-52/h11-21,32-33H,22-23H2,1-10H3. The lowest BCUT2D eigenvalue weighted by Crippen LogP contribution is -2.12. The third kappa shape index (κ3) is 7.43. The van der Waals surface area contributed by atoms with Gasteiger partial charge in [-0.05, 0) is 89.8 Å². The van der Waals surface area contributed by atoms with Gasteiger partial charge in [0.1, 0.15) is 23.0 Å². The average molecular weight is 736 g/mol. The van der Waals surface area contributed by atoms with Gasteiger partial charge in [-0.25, -0.2) is 0 Å². The second-order valence-electron chi connectivity index (χ2n) is 14.4. The zero-order valence-electron chi connectivity index (χ0n) is 31.7. The highest BCUT2D eigenvalue weighted by Crippen LogP contribution is 2.54. The monoisotopic (exact) mass is 735 g/mol. The van der Waals surface area contributed by atoms with E-state index in [-0.39, 0.29) is 25.0 Å². The minimum absolute atomic E-state index is 0.0941. The summed E-state index contributed by atoms with van der Waals surface area (Å²) in [5.74, 6) is 3.46. The lowest BCUT2D eigenvalue weighted by molar-refractivity contribution is 0.242. The first-order valence-corrected chi connectivity index (χ1v) is 20.0. The molecule has 0 radical (unpaired) electrons. The van der Waals surface area contributed by atoms with Crippen molar-refractivity contribution < 1.29 is 27.1 Å². The predicted octanol–water partition coefficient (Wildman–Crippen LogP) is 12.3. The fraction of sp³-hybridized carbons (Fsp3) is 0.326. The molecule has 4 aromatic carbocycles. The maximum Gasteiger partial charge on any atom is 0.463 e. The summed E-state index contributed by atoms with van der Waals surface area (Å²) in [5, 5.41) is 0. The highest BCUT2D eigenvalue weighted by atomic mass is 31.2. The second-order valence-corrected chi connectivity index (χ2v) is 16.6. The van der Waals surface area contributed by atoms with Crippen LogP contribution < -0.4 is 18.1 Å². The molecule has 7 nitrogen and oxygen atoms in total. The quantitative estimate of drug-likeness (QED) is 0.161. The molecule has 9 heteroatoms. The Balaban J connectivity index is 1.11. The fourth-order valence-electron chi connectivity index (χ4n) is 7.44. The van der Waals surface area contributed by atoms with Crippen molar-refractivity contribution in [1.29, 1.82) is 0 Å². The van der Waals surface area contributed by atoms with Crippen LogP contribution in [-0.4, -0.2) is 4.98 Å². The number of hydrogen-bond donors (Lipinski definition) is 0. The van der Waals surface area contributed by atoms with E-state index in [2.05, 4.69) is 118 Å². The zero-order valence-corrected chi connectivity index (χ0v) is 33.5. The number of benzene rings is 4. The summed E-state index contributed by atoms with van der Waals surface area (Å²) in [6.45, 7) is 21.6. The number of aryl methyl sites for hydroxylation is 8. The van der Waals surface area contributed by atoms with Crippen LogP contribution in [0.15, 0.2) is 66.7 Å². The number of fused-ring (bicyclic) bond motifs is 4. The molecule has 270 valence electrons. The fourth-order valence-corrected chi connectivity index (χ4v) is 9.79. The first kappa shape index (κ1) is 36.4. The molecule has 0 atom stereocenters. The van der Waals surface area contributed by atoms with Crippen LogP contribution >= 0.6 is 17.2 Å². The lowest BCUT2D eigenvalue weighted by atomic mass is 9.87. The summed E-state index contributed by atoms with van der Waals surface area (Å²) in [5.41, 5.74) is 15.0. The van der Waals surface area contributed by atoms with Crippen LogP contribution in [0, 0.1) is 55.4 Å². The topological polar surface area (TPSA) is 68.3 Å². The third-order valence-corrected chi connectivity index (χ3v) is 11.8. The van der Waals surface area contributed by atoms with Gasteiger partial charge in [-0.3, -0.25) is 14.0 Å². The first-order valence-electron chi connectivity index (χ1n) is 17.8. The normalized spacial score (nSPS) is 19.1. The number of pyridine rings is 1. The molecule has 0 fully saturated rings. The van der Waals surface area contributed by atoms with Gasteiger partial charge in [0.25, 0.3) is 0 Å². The Labute approximate surface area is 310 Å². The van der Waals surface area contributed by atoms with Gasteiger partial charge in [0.05, 0.1) is 24.6 Å². The summed E-state index contributed by atoms with van der Waals surface area (Å²) in [4.78, 5) is 4.89. The Kier molecular flexibility index (Phi) is 10.3. The van der Waals surface area contributed by atoms with E-state index in [1.165, 1.54) is 22.3 Å². The van der Waals surface area contributed by atoms with Crippen molar-refractivity contribution in [2.45, 2.75) is 94.3 Å². The van der Waals surface area contributed by atoms with Crippen molar-refractivity contribution in [2.75, 3.05) is 0 Å². The molecule has 0 saturated heterocycles. The summed E-state index contributed by atoms with van der Waals surface area (Å²) >= 11 is 0. The van der Waals surface area contributed by atoms with Crippen LogP contribution in [0.2, 0.25) is 0 Å². The number of hydrogen-bond acceptors (Lipinski definition) is 7. The van der Waals surface area contributed by atoms with Crippen LogP contribution in [0.5, 0.6) is 23.0 Å². The number of aromatic nitrogens is 1. The predicted molar refractivity (Wildman–Crippen MR) is 209 cm³/mol. The average Bonchev–Trinajstić information content (AvgIpc) is 3.08. The molecule has 3 heterocycles. The maximum absolute atomic E-state index is 6.57. The zero-order chi connectivity index (χ0) is 36.8. The summed E-state index contributed by atoms with van der Waals surface area (Å²) in [6, 6.07) is 23.3. The van der Waals surface area contributed by atoms with E-state index in [1.54, 1.807) is 0 Å². The molecule has 5 aromatic rings. The largest absolute Gasteiger partial charge is 0.463 e.